The maximum atomic E-state index is 12.7. The minimum atomic E-state index is -4.58. The molecule has 1 aliphatic rings. The van der Waals surface area contributed by atoms with Gasteiger partial charge in [0.1, 0.15) is 11.6 Å². The van der Waals surface area contributed by atoms with Crippen molar-refractivity contribution in [3.63, 3.8) is 0 Å². The Morgan fingerprint density at radius 1 is 1.16 bits per heavy atom. The summed E-state index contributed by atoms with van der Waals surface area (Å²) in [5.74, 6) is -1.09. The van der Waals surface area contributed by atoms with Crippen molar-refractivity contribution in [2.45, 2.75) is 12.6 Å². The summed E-state index contributed by atoms with van der Waals surface area (Å²) in [6.45, 7) is 3.00. The van der Waals surface area contributed by atoms with Crippen LogP contribution in [0.15, 0.2) is 6.07 Å². The van der Waals surface area contributed by atoms with Gasteiger partial charge in [-0.1, -0.05) is 0 Å². The van der Waals surface area contributed by atoms with Crippen LogP contribution in [0.3, 0.4) is 0 Å². The first kappa shape index (κ1) is 13.9. The number of rotatable bonds is 1. The zero-order chi connectivity index (χ0) is 14.0. The lowest BCUT2D eigenvalue weighted by molar-refractivity contribution is -0.144. The second-order valence-electron chi connectivity index (χ2n) is 4.62. The maximum Gasteiger partial charge on any atom is 0.451 e. The molecule has 0 spiro atoms. The average molecular weight is 275 g/mol. The summed E-state index contributed by atoms with van der Waals surface area (Å²) in [7, 11) is 1.99. The number of nitrogen functional groups attached to an aromatic ring is 1. The fourth-order valence-electron chi connectivity index (χ4n) is 2.02. The van der Waals surface area contributed by atoms with Crippen molar-refractivity contribution in [2.75, 3.05) is 43.9 Å². The van der Waals surface area contributed by atoms with Crippen LogP contribution in [0.5, 0.6) is 0 Å². The van der Waals surface area contributed by atoms with Gasteiger partial charge in [-0.2, -0.15) is 13.2 Å². The second kappa shape index (κ2) is 5.20. The Kier molecular flexibility index (Phi) is 3.79. The standard InChI is InChI=1S/C11H16F3N5/c1-18-3-2-4-19(6-5-18)9-7-8(15)16-10(17-9)11(12,13)14/h7H,2-6H2,1H3,(H2,15,16,17). The van der Waals surface area contributed by atoms with Gasteiger partial charge in [0, 0.05) is 25.7 Å². The first-order valence-electron chi connectivity index (χ1n) is 6.01. The Morgan fingerprint density at radius 3 is 2.58 bits per heavy atom. The van der Waals surface area contributed by atoms with E-state index in [9.17, 15) is 13.2 Å². The van der Waals surface area contributed by atoms with E-state index in [0.717, 1.165) is 19.5 Å². The van der Waals surface area contributed by atoms with Crippen LogP contribution in [0.4, 0.5) is 24.8 Å². The molecule has 0 aromatic carbocycles. The first-order valence-corrected chi connectivity index (χ1v) is 6.01. The fourth-order valence-corrected chi connectivity index (χ4v) is 2.02. The molecule has 0 amide bonds. The van der Waals surface area contributed by atoms with Gasteiger partial charge in [-0.3, -0.25) is 0 Å². The molecular formula is C11H16F3N5. The average Bonchev–Trinajstić information content (AvgIpc) is 2.52. The number of anilines is 2. The quantitative estimate of drug-likeness (QED) is 0.835. The van der Waals surface area contributed by atoms with Gasteiger partial charge in [-0.05, 0) is 20.0 Å². The zero-order valence-corrected chi connectivity index (χ0v) is 10.6. The third-order valence-electron chi connectivity index (χ3n) is 3.03. The number of halogens is 3. The third kappa shape index (κ3) is 3.46. The molecule has 0 bridgehead atoms. The van der Waals surface area contributed by atoms with Gasteiger partial charge >= 0.3 is 6.18 Å². The van der Waals surface area contributed by atoms with E-state index in [1.54, 1.807) is 0 Å². The molecule has 1 saturated heterocycles. The highest BCUT2D eigenvalue weighted by atomic mass is 19.4. The van der Waals surface area contributed by atoms with Crippen LogP contribution in [0.2, 0.25) is 0 Å². The molecule has 2 rings (SSSR count). The Morgan fingerprint density at radius 2 is 1.89 bits per heavy atom. The number of likely N-dealkylation sites (N-methyl/N-ethyl adjacent to an activating group) is 1. The van der Waals surface area contributed by atoms with Crippen LogP contribution in [-0.4, -0.2) is 48.1 Å². The molecule has 0 unspecified atom stereocenters. The molecule has 1 fully saturated rings. The van der Waals surface area contributed by atoms with Crippen LogP contribution >= 0.6 is 0 Å². The number of alkyl halides is 3. The molecule has 5 nitrogen and oxygen atoms in total. The van der Waals surface area contributed by atoms with E-state index in [1.165, 1.54) is 6.07 Å². The highest BCUT2D eigenvalue weighted by Gasteiger charge is 2.35. The lowest BCUT2D eigenvalue weighted by atomic mass is 10.3. The molecule has 8 heteroatoms. The Bertz CT molecular complexity index is 448. The van der Waals surface area contributed by atoms with Crippen LogP contribution in [0.25, 0.3) is 0 Å². The summed E-state index contributed by atoms with van der Waals surface area (Å²) in [6, 6.07) is 1.39. The van der Waals surface area contributed by atoms with E-state index in [4.69, 9.17) is 5.73 Å². The SMILES string of the molecule is CN1CCCN(c2cc(N)nc(C(F)(F)F)n2)CC1. The normalized spacial score (nSPS) is 18.4. The van der Waals surface area contributed by atoms with Crippen LogP contribution in [0.1, 0.15) is 12.2 Å². The molecule has 2 heterocycles. The van der Waals surface area contributed by atoms with Crippen LogP contribution in [0, 0.1) is 0 Å². The van der Waals surface area contributed by atoms with Gasteiger partial charge in [0.05, 0.1) is 0 Å². The van der Waals surface area contributed by atoms with E-state index in [0.29, 0.717) is 13.1 Å². The molecule has 1 aliphatic heterocycles. The molecule has 1 aromatic rings. The molecule has 0 radical (unpaired) electrons. The fraction of sp³-hybridized carbons (Fsp3) is 0.636. The van der Waals surface area contributed by atoms with Crippen molar-refractivity contribution in [2.24, 2.45) is 0 Å². The van der Waals surface area contributed by atoms with E-state index >= 15 is 0 Å². The van der Waals surface area contributed by atoms with Gasteiger partial charge in [-0.25, -0.2) is 9.97 Å². The highest BCUT2D eigenvalue weighted by Crippen LogP contribution is 2.28. The summed E-state index contributed by atoms with van der Waals surface area (Å²) >= 11 is 0. The predicted molar refractivity (Wildman–Crippen MR) is 65.8 cm³/mol. The minimum absolute atomic E-state index is 0.157. The summed E-state index contributed by atoms with van der Waals surface area (Å²) in [4.78, 5) is 10.8. The Balaban J connectivity index is 2.26. The van der Waals surface area contributed by atoms with Gasteiger partial charge in [0.25, 0.3) is 0 Å². The summed E-state index contributed by atoms with van der Waals surface area (Å²) in [5.41, 5.74) is 5.44. The van der Waals surface area contributed by atoms with Crippen molar-refractivity contribution >= 4 is 11.6 Å². The monoisotopic (exact) mass is 275 g/mol. The number of nitrogens with two attached hydrogens (primary N) is 1. The van der Waals surface area contributed by atoms with Crippen molar-refractivity contribution in [1.82, 2.24) is 14.9 Å². The Hall–Kier alpha value is -1.57. The van der Waals surface area contributed by atoms with E-state index in [1.807, 2.05) is 11.9 Å². The van der Waals surface area contributed by atoms with Gasteiger partial charge in [0.2, 0.25) is 5.82 Å². The van der Waals surface area contributed by atoms with Crippen LogP contribution in [-0.2, 0) is 6.18 Å². The molecule has 0 saturated carbocycles. The molecule has 19 heavy (non-hydrogen) atoms. The van der Waals surface area contributed by atoms with Gasteiger partial charge in [-0.15, -0.1) is 0 Å². The summed E-state index contributed by atoms with van der Waals surface area (Å²) < 4.78 is 38.0. The molecule has 0 atom stereocenters. The third-order valence-corrected chi connectivity index (χ3v) is 3.03. The number of hydrogen-bond donors (Lipinski definition) is 1. The maximum absolute atomic E-state index is 12.7. The smallest absolute Gasteiger partial charge is 0.384 e. The summed E-state index contributed by atoms with van der Waals surface area (Å²) in [6.07, 6.45) is -3.70. The number of hydrogen-bond acceptors (Lipinski definition) is 5. The summed E-state index contributed by atoms with van der Waals surface area (Å²) in [5, 5.41) is 0. The largest absolute Gasteiger partial charge is 0.451 e. The van der Waals surface area contributed by atoms with Gasteiger partial charge in [0.15, 0.2) is 0 Å². The molecule has 0 aliphatic carbocycles. The van der Waals surface area contributed by atoms with E-state index in [2.05, 4.69) is 14.9 Å². The van der Waals surface area contributed by atoms with Crippen molar-refractivity contribution in [1.29, 1.82) is 0 Å². The zero-order valence-electron chi connectivity index (χ0n) is 10.6. The van der Waals surface area contributed by atoms with Crippen LogP contribution < -0.4 is 10.6 Å². The van der Waals surface area contributed by atoms with Crippen molar-refractivity contribution in [3.05, 3.63) is 11.9 Å². The predicted octanol–water partition coefficient (Wildman–Crippen LogP) is 1.22. The lowest BCUT2D eigenvalue weighted by Gasteiger charge is -2.22. The van der Waals surface area contributed by atoms with Crippen molar-refractivity contribution in [3.8, 4) is 0 Å². The first-order chi connectivity index (χ1) is 8.86. The molecule has 106 valence electrons. The van der Waals surface area contributed by atoms with Crippen molar-refractivity contribution < 1.29 is 13.2 Å². The Labute approximate surface area is 109 Å². The molecular weight excluding hydrogens is 259 g/mol. The van der Waals surface area contributed by atoms with E-state index < -0.39 is 12.0 Å². The second-order valence-corrected chi connectivity index (χ2v) is 4.62. The molecule has 2 N–H and O–H groups in total. The molecule has 1 aromatic heterocycles. The lowest BCUT2D eigenvalue weighted by Crippen LogP contribution is -2.30. The highest BCUT2D eigenvalue weighted by molar-refractivity contribution is 5.47. The number of aromatic nitrogens is 2. The van der Waals surface area contributed by atoms with Gasteiger partial charge < -0.3 is 15.5 Å². The minimum Gasteiger partial charge on any atom is -0.384 e. The number of nitrogens with zero attached hydrogens (tertiary/aromatic N) is 4. The van der Waals surface area contributed by atoms with E-state index in [-0.39, 0.29) is 11.6 Å². The topological polar surface area (TPSA) is 58.3 Å².